The summed E-state index contributed by atoms with van der Waals surface area (Å²) in [5, 5.41) is 10.8. The van der Waals surface area contributed by atoms with E-state index < -0.39 is 0 Å². The van der Waals surface area contributed by atoms with Gasteiger partial charge in [0.25, 0.3) is 5.91 Å². The molecule has 0 radical (unpaired) electrons. The van der Waals surface area contributed by atoms with Crippen molar-refractivity contribution in [3.05, 3.63) is 60.2 Å². The lowest BCUT2D eigenvalue weighted by atomic mass is 10.1. The molecule has 32 heavy (non-hydrogen) atoms. The Hall–Kier alpha value is -3.40. The maximum absolute atomic E-state index is 12.4. The van der Waals surface area contributed by atoms with Crippen LogP contribution in [0, 0.1) is 0 Å². The van der Waals surface area contributed by atoms with Crippen LogP contribution in [0.1, 0.15) is 41.9 Å². The number of thioether (sulfide) groups is 1. The molecule has 4 rings (SSSR count). The molecule has 1 aromatic carbocycles. The van der Waals surface area contributed by atoms with E-state index >= 15 is 0 Å². The van der Waals surface area contributed by atoms with Crippen LogP contribution in [-0.2, 0) is 4.79 Å². The summed E-state index contributed by atoms with van der Waals surface area (Å²) in [6.45, 7) is 1.93. The van der Waals surface area contributed by atoms with Gasteiger partial charge >= 0.3 is 0 Å². The van der Waals surface area contributed by atoms with Gasteiger partial charge in [0.1, 0.15) is 17.1 Å². The van der Waals surface area contributed by atoms with Gasteiger partial charge in [-0.05, 0) is 43.5 Å². The van der Waals surface area contributed by atoms with Gasteiger partial charge in [0.15, 0.2) is 11.5 Å². The van der Waals surface area contributed by atoms with Crippen molar-refractivity contribution in [3.8, 4) is 11.6 Å². The molecule has 166 valence electrons. The highest BCUT2D eigenvalue weighted by molar-refractivity contribution is 7.99. The minimum Gasteiger partial charge on any atom is -0.497 e. The maximum atomic E-state index is 12.4. The molecule has 9 nitrogen and oxygen atoms in total. The molecule has 2 aromatic heterocycles. The average Bonchev–Trinajstić information content (AvgIpc) is 3.48. The van der Waals surface area contributed by atoms with Crippen LogP contribution in [0.4, 0.5) is 0 Å². The smallest absolute Gasteiger partial charge is 0.272 e. The predicted octanol–water partition coefficient (Wildman–Crippen LogP) is 2.53. The number of nitrogens with one attached hydrogen (secondary N) is 2. The quantitative estimate of drug-likeness (QED) is 0.379. The zero-order valence-electron chi connectivity index (χ0n) is 17.8. The second kappa shape index (κ2) is 9.82. The van der Waals surface area contributed by atoms with Gasteiger partial charge in [0.05, 0.1) is 18.9 Å². The van der Waals surface area contributed by atoms with Gasteiger partial charge in [-0.15, -0.1) is 0 Å². The summed E-state index contributed by atoms with van der Waals surface area (Å²) < 4.78 is 6.69. The third-order valence-electron chi connectivity index (χ3n) is 4.94. The molecular weight excluding hydrogens is 428 g/mol. The highest BCUT2D eigenvalue weighted by Gasteiger charge is 2.24. The average molecular weight is 453 g/mol. The number of amides is 2. The van der Waals surface area contributed by atoms with E-state index in [-0.39, 0.29) is 29.7 Å². The van der Waals surface area contributed by atoms with Crippen LogP contribution in [0.5, 0.6) is 5.75 Å². The highest BCUT2D eigenvalue weighted by atomic mass is 32.2. The number of rotatable bonds is 9. The van der Waals surface area contributed by atoms with Gasteiger partial charge in [0, 0.05) is 18.3 Å². The lowest BCUT2D eigenvalue weighted by Crippen LogP contribution is -2.28. The summed E-state index contributed by atoms with van der Waals surface area (Å²) in [5.41, 5.74) is 1.34. The molecule has 1 atom stereocenters. The fourth-order valence-corrected chi connectivity index (χ4v) is 3.67. The Morgan fingerprint density at radius 2 is 2.00 bits per heavy atom. The Morgan fingerprint density at radius 1 is 1.22 bits per heavy atom. The summed E-state index contributed by atoms with van der Waals surface area (Å²) in [5.74, 6) is 1.23. The molecule has 0 aliphatic heterocycles. The SMILES string of the molecule is COc1ccc(C(C)NC(=O)CSc2cc(-n3ccc(C(=O)NC4CC4)n3)ncn2)cc1. The van der Waals surface area contributed by atoms with Crippen LogP contribution in [-0.4, -0.2) is 50.5 Å². The van der Waals surface area contributed by atoms with E-state index in [1.54, 1.807) is 25.4 Å². The molecule has 1 aliphatic rings. The number of aromatic nitrogens is 4. The van der Waals surface area contributed by atoms with Gasteiger partial charge in [-0.25, -0.2) is 14.6 Å². The molecule has 0 saturated heterocycles. The minimum atomic E-state index is -0.183. The van der Waals surface area contributed by atoms with Crippen molar-refractivity contribution in [2.24, 2.45) is 0 Å². The van der Waals surface area contributed by atoms with E-state index in [9.17, 15) is 9.59 Å². The zero-order chi connectivity index (χ0) is 22.5. The minimum absolute atomic E-state index is 0.100. The second-order valence-corrected chi connectivity index (χ2v) is 8.45. The standard InChI is InChI=1S/C22H24N6O3S/c1-14(15-3-7-17(31-2)8-4-15)25-20(29)12-32-21-11-19(23-13-24-21)28-10-9-18(27-28)22(30)26-16-5-6-16/h3-4,7-11,13-14,16H,5-6,12H2,1-2H3,(H,25,29)(H,26,30). The molecule has 3 aromatic rings. The first-order chi connectivity index (χ1) is 15.5. The van der Waals surface area contributed by atoms with Crippen LogP contribution in [0.25, 0.3) is 5.82 Å². The monoisotopic (exact) mass is 452 g/mol. The van der Waals surface area contributed by atoms with Crippen LogP contribution in [0.2, 0.25) is 0 Å². The second-order valence-electron chi connectivity index (χ2n) is 7.46. The first kappa shape index (κ1) is 21.8. The van der Waals surface area contributed by atoms with Crippen molar-refractivity contribution >= 4 is 23.6 Å². The zero-order valence-corrected chi connectivity index (χ0v) is 18.6. The first-order valence-electron chi connectivity index (χ1n) is 10.3. The third kappa shape index (κ3) is 5.64. The van der Waals surface area contributed by atoms with Crippen molar-refractivity contribution in [1.82, 2.24) is 30.4 Å². The molecule has 0 bridgehead atoms. The molecule has 1 fully saturated rings. The number of benzene rings is 1. The Morgan fingerprint density at radius 3 is 2.72 bits per heavy atom. The number of hydrogen-bond acceptors (Lipinski definition) is 7. The fraction of sp³-hybridized carbons (Fsp3) is 0.318. The van der Waals surface area contributed by atoms with Gasteiger partial charge < -0.3 is 15.4 Å². The summed E-state index contributed by atoms with van der Waals surface area (Å²) in [6.07, 6.45) is 5.14. The molecule has 10 heteroatoms. The number of ether oxygens (including phenoxy) is 1. The molecule has 1 unspecified atom stereocenters. The largest absolute Gasteiger partial charge is 0.497 e. The highest BCUT2D eigenvalue weighted by Crippen LogP contribution is 2.21. The maximum Gasteiger partial charge on any atom is 0.272 e. The van der Waals surface area contributed by atoms with Crippen molar-refractivity contribution in [2.45, 2.75) is 36.9 Å². The molecule has 2 N–H and O–H groups in total. The normalized spacial score (nSPS) is 13.9. The number of methoxy groups -OCH3 is 1. The molecule has 1 aliphatic carbocycles. The summed E-state index contributed by atoms with van der Waals surface area (Å²) in [6, 6.07) is 11.1. The van der Waals surface area contributed by atoms with E-state index in [1.807, 2.05) is 31.2 Å². The number of nitrogens with zero attached hydrogens (tertiary/aromatic N) is 4. The summed E-state index contributed by atoms with van der Waals surface area (Å²) in [4.78, 5) is 33.0. The van der Waals surface area contributed by atoms with Gasteiger partial charge in [-0.1, -0.05) is 23.9 Å². The van der Waals surface area contributed by atoms with Crippen LogP contribution in [0.3, 0.4) is 0 Å². The van der Waals surface area contributed by atoms with Crippen molar-refractivity contribution in [2.75, 3.05) is 12.9 Å². The van der Waals surface area contributed by atoms with Crippen LogP contribution in [0.15, 0.2) is 53.9 Å². The Balaban J connectivity index is 1.32. The van der Waals surface area contributed by atoms with Crippen molar-refractivity contribution in [1.29, 1.82) is 0 Å². The van der Waals surface area contributed by atoms with Gasteiger partial charge in [-0.2, -0.15) is 5.10 Å². The van der Waals surface area contributed by atoms with Crippen LogP contribution < -0.4 is 15.4 Å². The van der Waals surface area contributed by atoms with Crippen molar-refractivity contribution < 1.29 is 14.3 Å². The molecule has 1 saturated carbocycles. The van der Waals surface area contributed by atoms with Crippen LogP contribution >= 0.6 is 11.8 Å². The lowest BCUT2D eigenvalue weighted by Gasteiger charge is -2.14. The molecule has 2 amide bonds. The number of carbonyl (C=O) groups is 2. The van der Waals surface area contributed by atoms with Gasteiger partial charge in [0.2, 0.25) is 5.91 Å². The first-order valence-corrected chi connectivity index (χ1v) is 11.3. The third-order valence-corrected chi connectivity index (χ3v) is 5.87. The molecule has 0 spiro atoms. The van der Waals surface area contributed by atoms with E-state index in [1.165, 1.54) is 22.8 Å². The fourth-order valence-electron chi connectivity index (χ4n) is 2.99. The number of carbonyl (C=O) groups excluding carboxylic acids is 2. The predicted molar refractivity (Wildman–Crippen MR) is 120 cm³/mol. The van der Waals surface area contributed by atoms with E-state index in [0.717, 1.165) is 24.2 Å². The Kier molecular flexibility index (Phi) is 6.69. The van der Waals surface area contributed by atoms with E-state index in [2.05, 4.69) is 25.7 Å². The van der Waals surface area contributed by atoms with Gasteiger partial charge in [-0.3, -0.25) is 9.59 Å². The Labute approximate surface area is 190 Å². The summed E-state index contributed by atoms with van der Waals surface area (Å²) in [7, 11) is 1.62. The van der Waals surface area contributed by atoms with E-state index in [4.69, 9.17) is 4.74 Å². The summed E-state index contributed by atoms with van der Waals surface area (Å²) >= 11 is 1.31. The topological polar surface area (TPSA) is 111 Å². The number of hydrogen-bond donors (Lipinski definition) is 2. The Bertz CT molecular complexity index is 1100. The van der Waals surface area contributed by atoms with E-state index in [0.29, 0.717) is 16.5 Å². The molecule has 2 heterocycles. The molecular formula is C22H24N6O3S. The van der Waals surface area contributed by atoms with Crippen molar-refractivity contribution in [3.63, 3.8) is 0 Å². The lowest BCUT2D eigenvalue weighted by molar-refractivity contribution is -0.119.